The maximum Gasteiger partial charge on any atom is 0.311 e. The van der Waals surface area contributed by atoms with E-state index in [0.717, 1.165) is 42.8 Å². The molecular formula is C28H46N6O2S. The first-order valence-electron chi connectivity index (χ1n) is 13.0. The molecule has 0 fully saturated rings. The highest BCUT2D eigenvalue weighted by Gasteiger charge is 2.12. The van der Waals surface area contributed by atoms with Crippen molar-refractivity contribution in [3.05, 3.63) is 42.8 Å². The summed E-state index contributed by atoms with van der Waals surface area (Å²) in [6, 6.07) is 2.67. The van der Waals surface area contributed by atoms with E-state index >= 15 is 0 Å². The second kappa shape index (κ2) is 19.5. The van der Waals surface area contributed by atoms with Gasteiger partial charge in [-0.1, -0.05) is 38.2 Å². The number of nitrogens with one attached hydrogen (secondary N) is 2. The SMILES string of the molecule is C=CC=NC(=NCC(CCSc1cc(C)ncc1NC)NC)OCCC=CC(CCC)CC(=O)N(C)C. The summed E-state index contributed by atoms with van der Waals surface area (Å²) in [6.45, 7) is 8.87. The molecule has 0 aromatic carbocycles. The Labute approximate surface area is 228 Å². The van der Waals surface area contributed by atoms with E-state index in [-0.39, 0.29) is 17.9 Å². The highest BCUT2D eigenvalue weighted by molar-refractivity contribution is 7.99. The molecule has 2 atom stereocenters. The average molecular weight is 531 g/mol. The van der Waals surface area contributed by atoms with Crippen LogP contribution in [0.5, 0.6) is 0 Å². The molecule has 1 rings (SSSR count). The number of carbonyl (C=O) groups is 1. The first-order valence-corrected chi connectivity index (χ1v) is 14.0. The molecule has 2 N–H and O–H groups in total. The maximum absolute atomic E-state index is 12.1. The zero-order valence-electron chi connectivity index (χ0n) is 23.5. The van der Waals surface area contributed by atoms with Gasteiger partial charge >= 0.3 is 6.02 Å². The van der Waals surface area contributed by atoms with E-state index in [9.17, 15) is 4.79 Å². The minimum atomic E-state index is 0.156. The number of pyridine rings is 1. The van der Waals surface area contributed by atoms with Crippen molar-refractivity contribution in [1.29, 1.82) is 0 Å². The molecule has 1 heterocycles. The molecule has 0 saturated heterocycles. The Kier molecular flexibility index (Phi) is 17.0. The maximum atomic E-state index is 12.1. The van der Waals surface area contributed by atoms with Gasteiger partial charge in [-0.3, -0.25) is 9.78 Å². The number of hydrogen-bond acceptors (Lipinski definition) is 7. The number of aliphatic imine (C=N–C) groups is 2. The van der Waals surface area contributed by atoms with Crippen LogP contribution in [0.15, 0.2) is 52.0 Å². The Morgan fingerprint density at radius 1 is 1.32 bits per heavy atom. The molecule has 0 bridgehead atoms. The molecule has 0 radical (unpaired) electrons. The van der Waals surface area contributed by atoms with Crippen LogP contribution in [-0.4, -0.2) is 81.2 Å². The number of aromatic nitrogens is 1. The second-order valence-corrected chi connectivity index (χ2v) is 10.1. The molecule has 0 spiro atoms. The number of ether oxygens (including phenoxy) is 1. The van der Waals surface area contributed by atoms with Gasteiger partial charge in [0.2, 0.25) is 5.91 Å². The predicted octanol–water partition coefficient (Wildman–Crippen LogP) is 4.97. The van der Waals surface area contributed by atoms with Crippen LogP contribution in [0.2, 0.25) is 0 Å². The lowest BCUT2D eigenvalue weighted by Crippen LogP contribution is -2.29. The van der Waals surface area contributed by atoms with E-state index in [1.165, 1.54) is 4.90 Å². The number of thioether (sulfide) groups is 1. The van der Waals surface area contributed by atoms with Crippen molar-refractivity contribution >= 4 is 35.6 Å². The van der Waals surface area contributed by atoms with E-state index in [4.69, 9.17) is 4.74 Å². The summed E-state index contributed by atoms with van der Waals surface area (Å²) in [6.07, 6.45) is 13.5. The van der Waals surface area contributed by atoms with Crippen LogP contribution >= 0.6 is 11.8 Å². The van der Waals surface area contributed by atoms with Gasteiger partial charge in [-0.05, 0) is 51.0 Å². The minimum Gasteiger partial charge on any atom is -0.463 e. The number of amides is 1. The van der Waals surface area contributed by atoms with Gasteiger partial charge in [0.05, 0.1) is 25.0 Å². The van der Waals surface area contributed by atoms with Gasteiger partial charge in [0.15, 0.2) is 0 Å². The van der Waals surface area contributed by atoms with E-state index < -0.39 is 0 Å². The number of anilines is 1. The fraction of sp³-hybridized carbons (Fsp3) is 0.571. The molecule has 0 saturated carbocycles. The lowest BCUT2D eigenvalue weighted by molar-refractivity contribution is -0.129. The predicted molar refractivity (Wildman–Crippen MR) is 159 cm³/mol. The van der Waals surface area contributed by atoms with Gasteiger partial charge in [0.25, 0.3) is 0 Å². The van der Waals surface area contributed by atoms with Crippen molar-refractivity contribution in [2.75, 3.05) is 52.4 Å². The van der Waals surface area contributed by atoms with Gasteiger partial charge < -0.3 is 20.3 Å². The molecule has 37 heavy (non-hydrogen) atoms. The third-order valence-electron chi connectivity index (χ3n) is 5.66. The molecule has 1 aromatic rings. The summed E-state index contributed by atoms with van der Waals surface area (Å²) in [7, 11) is 7.46. The number of likely N-dealkylation sites (N-methyl/N-ethyl adjacent to an activating group) is 1. The first-order chi connectivity index (χ1) is 17.8. The summed E-state index contributed by atoms with van der Waals surface area (Å²) < 4.78 is 5.85. The average Bonchev–Trinajstić information content (AvgIpc) is 2.88. The number of rotatable bonds is 17. The number of nitrogens with zero attached hydrogens (tertiary/aromatic N) is 4. The largest absolute Gasteiger partial charge is 0.463 e. The van der Waals surface area contributed by atoms with Crippen LogP contribution in [-0.2, 0) is 9.53 Å². The van der Waals surface area contributed by atoms with Gasteiger partial charge in [0, 0.05) is 50.4 Å². The molecular weight excluding hydrogens is 484 g/mol. The van der Waals surface area contributed by atoms with Crippen molar-refractivity contribution in [3.8, 4) is 0 Å². The summed E-state index contributed by atoms with van der Waals surface area (Å²) in [4.78, 5) is 28.2. The Morgan fingerprint density at radius 3 is 2.76 bits per heavy atom. The molecule has 9 heteroatoms. The van der Waals surface area contributed by atoms with Crippen molar-refractivity contribution in [3.63, 3.8) is 0 Å². The molecule has 8 nitrogen and oxygen atoms in total. The van der Waals surface area contributed by atoms with Crippen LogP contribution in [0.4, 0.5) is 5.69 Å². The van der Waals surface area contributed by atoms with E-state index in [1.807, 2.05) is 39.0 Å². The zero-order valence-corrected chi connectivity index (χ0v) is 24.3. The molecule has 1 amide bonds. The van der Waals surface area contributed by atoms with Crippen LogP contribution in [0, 0.1) is 12.8 Å². The molecule has 206 valence electrons. The molecule has 0 aliphatic heterocycles. The summed E-state index contributed by atoms with van der Waals surface area (Å²) in [5, 5.41) is 6.55. The highest BCUT2D eigenvalue weighted by Crippen LogP contribution is 2.27. The fourth-order valence-electron chi connectivity index (χ4n) is 3.46. The number of amidine groups is 1. The van der Waals surface area contributed by atoms with Crippen molar-refractivity contribution in [2.45, 2.75) is 56.9 Å². The second-order valence-electron chi connectivity index (χ2n) is 8.94. The Balaban J connectivity index is 2.60. The van der Waals surface area contributed by atoms with E-state index in [2.05, 4.69) is 57.3 Å². The fourth-order valence-corrected chi connectivity index (χ4v) is 4.65. The quantitative estimate of drug-likeness (QED) is 0.0971. The lowest BCUT2D eigenvalue weighted by atomic mass is 9.98. The molecule has 1 aromatic heterocycles. The summed E-state index contributed by atoms with van der Waals surface area (Å²) >= 11 is 1.81. The topological polar surface area (TPSA) is 91.2 Å². The Bertz CT molecular complexity index is 901. The minimum absolute atomic E-state index is 0.156. The number of allylic oxidation sites excluding steroid dienone is 2. The molecule has 0 aliphatic carbocycles. The van der Waals surface area contributed by atoms with Gasteiger partial charge in [0.1, 0.15) is 0 Å². The van der Waals surface area contributed by atoms with E-state index in [1.54, 1.807) is 31.3 Å². The smallest absolute Gasteiger partial charge is 0.311 e. The van der Waals surface area contributed by atoms with Crippen LogP contribution in [0.3, 0.4) is 0 Å². The first kappa shape index (κ1) is 32.4. The third-order valence-corrected chi connectivity index (χ3v) is 6.75. The third kappa shape index (κ3) is 14.0. The highest BCUT2D eigenvalue weighted by atomic mass is 32.2. The summed E-state index contributed by atoms with van der Waals surface area (Å²) in [5.41, 5.74) is 2.05. The van der Waals surface area contributed by atoms with Crippen LogP contribution in [0.25, 0.3) is 0 Å². The number of carbonyl (C=O) groups excluding carboxylic acids is 1. The Hall–Kier alpha value is -2.65. The van der Waals surface area contributed by atoms with Gasteiger partial charge in [-0.15, -0.1) is 11.8 Å². The molecule has 2 unspecified atom stereocenters. The van der Waals surface area contributed by atoms with E-state index in [0.29, 0.717) is 25.6 Å². The van der Waals surface area contributed by atoms with Gasteiger partial charge in [-0.25, -0.2) is 9.98 Å². The summed E-state index contributed by atoms with van der Waals surface area (Å²) in [5.74, 6) is 1.36. The number of aryl methyl sites for hydroxylation is 1. The van der Waals surface area contributed by atoms with Gasteiger partial charge in [-0.2, -0.15) is 0 Å². The van der Waals surface area contributed by atoms with Crippen molar-refractivity contribution < 1.29 is 9.53 Å². The van der Waals surface area contributed by atoms with Crippen LogP contribution < -0.4 is 10.6 Å². The Morgan fingerprint density at radius 2 is 2.11 bits per heavy atom. The monoisotopic (exact) mass is 530 g/mol. The van der Waals surface area contributed by atoms with Crippen molar-refractivity contribution in [1.82, 2.24) is 15.2 Å². The molecule has 0 aliphatic rings. The normalized spacial score (nSPS) is 13.6. The van der Waals surface area contributed by atoms with Crippen LogP contribution in [0.1, 0.15) is 44.7 Å². The zero-order chi connectivity index (χ0) is 27.5. The standard InChI is InChI=1S/C28H46N6O2S/c1-8-12-23(19-27(35)34(6)7)13-10-11-16-36-28(31-15-9-2)33-20-24(29-4)14-17-37-26-18-22(3)32-21-25(26)30-5/h9-10,13,15,18,21,23-24,29-30H,2,8,11-12,14,16-17,19-20H2,1,3-7H3. The lowest BCUT2D eigenvalue weighted by Gasteiger charge is -2.15. The number of hydrogen-bond donors (Lipinski definition) is 2. The van der Waals surface area contributed by atoms with Crippen molar-refractivity contribution in [2.24, 2.45) is 15.9 Å².